The molecule has 0 spiro atoms. The van der Waals surface area contributed by atoms with E-state index in [-0.39, 0.29) is 24.0 Å². The maximum atomic E-state index is 15.1. The first-order valence-electron chi connectivity index (χ1n) is 16.6. The molecule has 8 heteroatoms. The topological polar surface area (TPSA) is 107 Å². The first-order valence-corrected chi connectivity index (χ1v) is 16.6. The van der Waals surface area contributed by atoms with Crippen LogP contribution < -0.4 is 10.3 Å². The highest BCUT2D eigenvalue weighted by Crippen LogP contribution is 2.64. The number of nitrogens with zero attached hydrogens (tertiary/aromatic N) is 2. The van der Waals surface area contributed by atoms with Crippen LogP contribution in [-0.4, -0.2) is 33.7 Å². The second kappa shape index (κ2) is 11.4. The summed E-state index contributed by atoms with van der Waals surface area (Å²) in [7, 11) is 0. The van der Waals surface area contributed by atoms with Crippen LogP contribution in [0.25, 0.3) is 6.08 Å². The molecule has 8 rings (SSSR count). The Bertz CT molecular complexity index is 2050. The number of benzene rings is 4. The Balaban J connectivity index is 1.30. The van der Waals surface area contributed by atoms with Gasteiger partial charge in [-0.1, -0.05) is 103 Å². The van der Waals surface area contributed by atoms with E-state index in [1.807, 2.05) is 79.7 Å². The lowest BCUT2D eigenvalue weighted by Crippen LogP contribution is -2.53. The van der Waals surface area contributed by atoms with Gasteiger partial charge in [-0.25, -0.2) is 0 Å². The van der Waals surface area contributed by atoms with Gasteiger partial charge in [0.25, 0.3) is 11.8 Å². The number of aryl methyl sites for hydroxylation is 1. The number of phenols is 1. The SMILES string of the molecule is C=Cc1ccc(N2C(=O)C3CC=C4C(CC5C(=O)N(Nc6ccc(C)cc6)C(=O)C5(c5ccccc5)C4c4ccccc4O)C3C2=O)cc1. The van der Waals surface area contributed by atoms with Crippen molar-refractivity contribution < 1.29 is 24.3 Å². The van der Waals surface area contributed by atoms with Crippen LogP contribution in [0.4, 0.5) is 11.4 Å². The first-order chi connectivity index (χ1) is 23.7. The van der Waals surface area contributed by atoms with E-state index in [1.165, 1.54) is 4.90 Å². The van der Waals surface area contributed by atoms with Crippen molar-refractivity contribution in [3.8, 4) is 5.75 Å². The third kappa shape index (κ3) is 4.43. The molecule has 4 amide bonds. The van der Waals surface area contributed by atoms with Crippen LogP contribution in [0.3, 0.4) is 0 Å². The molecule has 2 aliphatic carbocycles. The fraction of sp³-hybridized carbons (Fsp3) is 0.220. The van der Waals surface area contributed by atoms with E-state index in [1.54, 1.807) is 42.5 Å². The Morgan fingerprint density at radius 2 is 1.51 bits per heavy atom. The zero-order valence-corrected chi connectivity index (χ0v) is 27.0. The Morgan fingerprint density at radius 3 is 2.20 bits per heavy atom. The third-order valence-corrected chi connectivity index (χ3v) is 11.0. The number of carbonyl (C=O) groups is 4. The van der Waals surface area contributed by atoms with E-state index in [2.05, 4.69) is 12.0 Å². The van der Waals surface area contributed by atoms with Gasteiger partial charge in [0.1, 0.15) is 5.75 Å². The largest absolute Gasteiger partial charge is 0.508 e. The molecular formula is C41H35N3O5. The highest BCUT2D eigenvalue weighted by atomic mass is 16.3. The molecule has 0 bridgehead atoms. The molecule has 2 saturated heterocycles. The van der Waals surface area contributed by atoms with Crippen molar-refractivity contribution in [1.82, 2.24) is 5.01 Å². The maximum Gasteiger partial charge on any atom is 0.260 e. The predicted molar refractivity (Wildman–Crippen MR) is 186 cm³/mol. The fourth-order valence-corrected chi connectivity index (χ4v) is 8.84. The number of allylic oxidation sites excluding steroid dienone is 2. The number of amides is 4. The number of hydrazine groups is 1. The van der Waals surface area contributed by atoms with Crippen molar-refractivity contribution in [2.24, 2.45) is 23.7 Å². The molecule has 3 fully saturated rings. The van der Waals surface area contributed by atoms with E-state index < -0.39 is 46.8 Å². The van der Waals surface area contributed by atoms with Crippen LogP contribution in [0.15, 0.2) is 121 Å². The number of imide groups is 2. The molecular weight excluding hydrogens is 614 g/mol. The van der Waals surface area contributed by atoms with Crippen LogP contribution in [0.1, 0.15) is 41.0 Å². The van der Waals surface area contributed by atoms with Crippen LogP contribution in [0, 0.1) is 30.6 Å². The zero-order valence-electron chi connectivity index (χ0n) is 27.0. The normalized spacial score (nSPS) is 27.4. The number of rotatable bonds is 6. The maximum absolute atomic E-state index is 15.1. The van der Waals surface area contributed by atoms with E-state index in [0.717, 1.165) is 21.7 Å². The number of fused-ring (bicyclic) bond motifs is 4. The molecule has 49 heavy (non-hydrogen) atoms. The van der Waals surface area contributed by atoms with Gasteiger partial charge in [0.15, 0.2) is 0 Å². The van der Waals surface area contributed by atoms with Gasteiger partial charge in [0.05, 0.1) is 34.5 Å². The lowest BCUT2D eigenvalue weighted by molar-refractivity contribution is -0.138. The summed E-state index contributed by atoms with van der Waals surface area (Å²) < 4.78 is 0. The number of phenolic OH excluding ortho intramolecular Hbond substituents is 1. The van der Waals surface area contributed by atoms with Gasteiger partial charge < -0.3 is 5.11 Å². The van der Waals surface area contributed by atoms with Gasteiger partial charge >= 0.3 is 0 Å². The number of anilines is 2. The number of aromatic hydroxyl groups is 1. The summed E-state index contributed by atoms with van der Waals surface area (Å²) in [6, 6.07) is 30.8. The zero-order chi connectivity index (χ0) is 34.0. The van der Waals surface area contributed by atoms with Gasteiger partial charge in [-0.3, -0.25) is 29.5 Å². The molecule has 4 aromatic carbocycles. The van der Waals surface area contributed by atoms with Gasteiger partial charge in [-0.2, -0.15) is 5.01 Å². The molecule has 6 atom stereocenters. The molecule has 2 N–H and O–H groups in total. The predicted octanol–water partition coefficient (Wildman–Crippen LogP) is 6.53. The second-order valence-corrected chi connectivity index (χ2v) is 13.5. The van der Waals surface area contributed by atoms with E-state index in [9.17, 15) is 19.5 Å². The standard InChI is InChI=1S/C41H35N3O5/c1-3-25-15-19-28(20-16-25)43-37(46)31-22-21-29-32(35(31)39(43)48)23-33-38(47)44(42-27-17-13-24(2)14-18-27)40(49)41(33,26-9-5-4-6-10-26)36(29)30-11-7-8-12-34(30)45/h3-21,31-33,35-36,42,45H,1,22-23H2,2H3. The Morgan fingerprint density at radius 1 is 0.816 bits per heavy atom. The van der Waals surface area contributed by atoms with Crippen molar-refractivity contribution >= 4 is 41.1 Å². The summed E-state index contributed by atoms with van der Waals surface area (Å²) in [5, 5.41) is 12.6. The minimum atomic E-state index is -1.43. The Labute approximate surface area is 284 Å². The average Bonchev–Trinajstić information content (AvgIpc) is 3.50. The van der Waals surface area contributed by atoms with Crippen molar-refractivity contribution in [2.75, 3.05) is 10.3 Å². The fourth-order valence-electron chi connectivity index (χ4n) is 8.84. The van der Waals surface area contributed by atoms with Gasteiger partial charge in [-0.05, 0) is 67.1 Å². The number of para-hydroxylation sites is 1. The molecule has 4 aliphatic rings. The number of carbonyl (C=O) groups excluding carboxylic acids is 4. The smallest absolute Gasteiger partial charge is 0.260 e. The highest BCUT2D eigenvalue weighted by molar-refractivity contribution is 6.22. The number of hydrogen-bond donors (Lipinski definition) is 2. The van der Waals surface area contributed by atoms with E-state index in [4.69, 9.17) is 0 Å². The van der Waals surface area contributed by atoms with Crippen molar-refractivity contribution in [1.29, 1.82) is 0 Å². The Hall–Kier alpha value is -5.76. The lowest BCUT2D eigenvalue weighted by atomic mass is 9.49. The summed E-state index contributed by atoms with van der Waals surface area (Å²) in [4.78, 5) is 59.5. The van der Waals surface area contributed by atoms with Crippen LogP contribution in [0.5, 0.6) is 5.75 Å². The van der Waals surface area contributed by atoms with Gasteiger partial charge in [-0.15, -0.1) is 0 Å². The molecule has 244 valence electrons. The summed E-state index contributed by atoms with van der Waals surface area (Å²) in [5.41, 5.74) is 6.59. The molecule has 2 heterocycles. The number of hydrogen-bond acceptors (Lipinski definition) is 6. The lowest BCUT2D eigenvalue weighted by Gasteiger charge is -2.50. The molecule has 2 aliphatic heterocycles. The molecule has 0 aromatic heterocycles. The summed E-state index contributed by atoms with van der Waals surface area (Å²) in [5.74, 6) is -4.96. The van der Waals surface area contributed by atoms with Crippen molar-refractivity contribution in [2.45, 2.75) is 31.1 Å². The molecule has 6 unspecified atom stereocenters. The van der Waals surface area contributed by atoms with Crippen molar-refractivity contribution in [3.05, 3.63) is 144 Å². The van der Waals surface area contributed by atoms with Crippen LogP contribution >= 0.6 is 0 Å². The first kappa shape index (κ1) is 30.6. The third-order valence-electron chi connectivity index (χ3n) is 11.0. The molecule has 1 saturated carbocycles. The van der Waals surface area contributed by atoms with Gasteiger partial charge in [0, 0.05) is 11.5 Å². The molecule has 0 radical (unpaired) electrons. The summed E-state index contributed by atoms with van der Waals surface area (Å²) in [6.07, 6.45) is 4.18. The van der Waals surface area contributed by atoms with Gasteiger partial charge in [0.2, 0.25) is 11.8 Å². The second-order valence-electron chi connectivity index (χ2n) is 13.5. The highest BCUT2D eigenvalue weighted by Gasteiger charge is 2.70. The average molecular weight is 650 g/mol. The van der Waals surface area contributed by atoms with Crippen molar-refractivity contribution in [3.63, 3.8) is 0 Å². The quantitative estimate of drug-likeness (QED) is 0.182. The van der Waals surface area contributed by atoms with E-state index in [0.29, 0.717) is 28.9 Å². The minimum Gasteiger partial charge on any atom is -0.508 e. The summed E-state index contributed by atoms with van der Waals surface area (Å²) in [6.45, 7) is 5.76. The molecule has 8 nitrogen and oxygen atoms in total. The van der Waals surface area contributed by atoms with E-state index >= 15 is 4.79 Å². The summed E-state index contributed by atoms with van der Waals surface area (Å²) >= 11 is 0. The van der Waals surface area contributed by atoms with Crippen LogP contribution in [0.2, 0.25) is 0 Å². The Kier molecular flexibility index (Phi) is 7.14. The van der Waals surface area contributed by atoms with Crippen LogP contribution in [-0.2, 0) is 24.6 Å². The molecule has 4 aromatic rings. The minimum absolute atomic E-state index is 0.00631. The monoisotopic (exact) mass is 649 g/mol. The number of nitrogens with one attached hydrogen (secondary N) is 1.